The first-order valence-electron chi connectivity index (χ1n) is 5.43. The van der Waals surface area contributed by atoms with Crippen LogP contribution in [0.15, 0.2) is 12.2 Å². The lowest BCUT2D eigenvalue weighted by atomic mass is 9.82. The topological polar surface area (TPSA) is 57.6 Å². The Balaban J connectivity index is 2.27. The van der Waals surface area contributed by atoms with Crippen LogP contribution in [0.3, 0.4) is 0 Å². The third kappa shape index (κ3) is 1.51. The Hall–Kier alpha value is -1.10. The summed E-state index contributed by atoms with van der Waals surface area (Å²) in [5, 5.41) is 4.33. The number of fused-ring (bicyclic) bond motifs is 1. The Labute approximate surface area is 90.8 Å². The Morgan fingerprint density at radius 3 is 3.07 bits per heavy atom. The summed E-state index contributed by atoms with van der Waals surface area (Å²) >= 11 is 0. The van der Waals surface area contributed by atoms with Gasteiger partial charge in [-0.15, -0.1) is 0 Å². The maximum absolute atomic E-state index is 11.9. The summed E-state index contributed by atoms with van der Waals surface area (Å²) in [5.41, 5.74) is 0. The van der Waals surface area contributed by atoms with E-state index in [2.05, 4.69) is 5.11 Å². The molecule has 1 heterocycles. The highest BCUT2D eigenvalue weighted by atomic mass is 16.3. The molecule has 78 valence electrons. The second-order valence-electron chi connectivity index (χ2n) is 3.99. The number of hydrogen-bond acceptors (Lipinski definition) is 3. The molecule has 5 heteroatoms. The SMILES string of the molecule is [3H]OC[C@@H]1C2CC=CCC2C(=O)N1C([B])=O. The van der Waals surface area contributed by atoms with Crippen LogP contribution in [0.5, 0.6) is 0 Å². The Kier molecular flexibility index (Phi) is 2.33. The molecule has 1 aliphatic carbocycles. The lowest BCUT2D eigenvalue weighted by Gasteiger charge is -2.25. The van der Waals surface area contributed by atoms with Gasteiger partial charge in [-0.3, -0.25) is 14.5 Å². The summed E-state index contributed by atoms with van der Waals surface area (Å²) in [6, 6.07) is -0.391. The first kappa shape index (κ1) is 9.15. The number of carbonyl (C=O) groups is 2. The number of allylic oxidation sites excluding steroid dienone is 2. The molecule has 4 nitrogen and oxygen atoms in total. The van der Waals surface area contributed by atoms with E-state index in [0.717, 1.165) is 11.3 Å². The zero-order chi connectivity index (χ0) is 11.7. The van der Waals surface area contributed by atoms with Crippen LogP contribution in [0.2, 0.25) is 0 Å². The standard InChI is InChI=1S/C10H12BNO3/c11-10(15)12-8(5-13)6-3-1-2-4-7(6)9(12)14/h1-2,6-8,13H,3-5H2/t6?,7?,8-/m1/s1/i13T. The van der Waals surface area contributed by atoms with Crippen molar-refractivity contribution in [2.45, 2.75) is 18.9 Å². The number of hydrogen-bond donors (Lipinski definition) is 1. The second kappa shape index (κ2) is 3.81. The fourth-order valence-electron chi connectivity index (χ4n) is 2.55. The van der Waals surface area contributed by atoms with Gasteiger partial charge in [-0.05, 0) is 18.8 Å². The summed E-state index contributed by atoms with van der Waals surface area (Å²) in [4.78, 5) is 24.2. The minimum absolute atomic E-state index is 0.0314. The van der Waals surface area contributed by atoms with Crippen LogP contribution in [0.25, 0.3) is 0 Å². The smallest absolute Gasteiger partial charge is 0.232 e. The monoisotopic (exact) mass is 207 g/mol. The van der Waals surface area contributed by atoms with Gasteiger partial charge in [0, 0.05) is 5.92 Å². The van der Waals surface area contributed by atoms with Gasteiger partial charge in [-0.2, -0.15) is 0 Å². The van der Waals surface area contributed by atoms with Gasteiger partial charge in [0.15, 0.2) is 5.81 Å². The highest BCUT2D eigenvalue weighted by molar-refractivity contribution is 6.58. The van der Waals surface area contributed by atoms with Crippen molar-refractivity contribution in [3.05, 3.63) is 12.2 Å². The molecule has 0 saturated carbocycles. The van der Waals surface area contributed by atoms with E-state index in [-0.39, 0.29) is 24.3 Å². The fraction of sp³-hybridized carbons (Fsp3) is 0.600. The summed E-state index contributed by atoms with van der Waals surface area (Å²) in [6.07, 6.45) is 5.31. The lowest BCUT2D eigenvalue weighted by Crippen LogP contribution is -2.41. The first-order chi connectivity index (χ1) is 7.66. The van der Waals surface area contributed by atoms with E-state index in [0.29, 0.717) is 6.42 Å². The predicted octanol–water partition coefficient (Wildman–Crippen LogP) is 0.0604. The fourth-order valence-corrected chi connectivity index (χ4v) is 2.55. The molecule has 0 aromatic carbocycles. The van der Waals surface area contributed by atoms with Crippen molar-refractivity contribution in [1.82, 2.24) is 4.90 Å². The number of carbonyl (C=O) groups excluding carboxylic acids is 2. The van der Waals surface area contributed by atoms with E-state index < -0.39 is 11.8 Å². The molecule has 0 aromatic rings. The molecule has 1 N–H and O–H groups in total. The van der Waals surface area contributed by atoms with Crippen LogP contribution in [0.4, 0.5) is 4.79 Å². The van der Waals surface area contributed by atoms with Crippen LogP contribution in [0, 0.1) is 11.8 Å². The summed E-state index contributed by atoms with van der Waals surface area (Å²) in [6.45, 7) is 0.0314. The molecule has 1 aliphatic heterocycles. The van der Waals surface area contributed by atoms with Gasteiger partial charge in [0.2, 0.25) is 15.2 Å². The van der Waals surface area contributed by atoms with Crippen molar-refractivity contribution in [3.8, 4) is 0 Å². The lowest BCUT2D eigenvalue weighted by molar-refractivity contribution is -0.129. The zero-order valence-electron chi connectivity index (χ0n) is 9.26. The molecule has 2 radical (unpaired) electrons. The molecule has 3 atom stereocenters. The number of nitrogens with zero attached hydrogens (tertiary/aromatic N) is 1. The minimum atomic E-state index is -0.749. The van der Waals surface area contributed by atoms with Gasteiger partial charge in [0.25, 0.3) is 0 Å². The van der Waals surface area contributed by atoms with Crippen molar-refractivity contribution in [1.29, 1.82) is 1.43 Å². The third-order valence-electron chi connectivity index (χ3n) is 3.27. The summed E-state index contributed by atoms with van der Waals surface area (Å²) < 4.78 is 6.76. The Morgan fingerprint density at radius 2 is 2.40 bits per heavy atom. The maximum Gasteiger partial charge on any atom is 0.232 e. The van der Waals surface area contributed by atoms with Crippen LogP contribution in [0.1, 0.15) is 12.8 Å². The molecule has 0 bridgehead atoms. The van der Waals surface area contributed by atoms with Gasteiger partial charge in [0.05, 0.1) is 12.6 Å². The van der Waals surface area contributed by atoms with Crippen molar-refractivity contribution in [2.75, 3.05) is 6.61 Å². The van der Waals surface area contributed by atoms with Gasteiger partial charge >= 0.3 is 0 Å². The molecular weight excluding hydrogens is 193 g/mol. The zero-order valence-corrected chi connectivity index (χ0v) is 8.26. The number of imide groups is 1. The van der Waals surface area contributed by atoms with Crippen LogP contribution < -0.4 is 0 Å². The highest BCUT2D eigenvalue weighted by Gasteiger charge is 2.48. The minimum Gasteiger partial charge on any atom is -0.394 e. The van der Waals surface area contributed by atoms with Gasteiger partial charge < -0.3 is 5.11 Å². The molecule has 1 fully saturated rings. The predicted molar refractivity (Wildman–Crippen MR) is 54.2 cm³/mol. The average Bonchev–Trinajstić information content (AvgIpc) is 2.54. The molecule has 2 amide bonds. The first-order valence-corrected chi connectivity index (χ1v) is 5.02. The highest BCUT2D eigenvalue weighted by Crippen LogP contribution is 2.38. The number of rotatable bonds is 2. The maximum atomic E-state index is 11.9. The second-order valence-corrected chi connectivity index (χ2v) is 3.99. The molecule has 0 aromatic heterocycles. The number of aliphatic hydroxyl groups excluding tert-OH is 1. The molecule has 2 rings (SSSR count). The van der Waals surface area contributed by atoms with E-state index >= 15 is 0 Å². The molecule has 1 saturated heterocycles. The van der Waals surface area contributed by atoms with Gasteiger partial charge in [-0.1, -0.05) is 12.2 Å². The molecule has 2 aliphatic rings. The van der Waals surface area contributed by atoms with Gasteiger partial charge in [-0.25, -0.2) is 0 Å². The summed E-state index contributed by atoms with van der Waals surface area (Å²) in [7, 11) is 5.19. The third-order valence-corrected chi connectivity index (χ3v) is 3.27. The van der Waals surface area contributed by atoms with Crippen molar-refractivity contribution >= 4 is 19.6 Å². The van der Waals surface area contributed by atoms with E-state index in [1.165, 1.54) is 0 Å². The van der Waals surface area contributed by atoms with E-state index in [1.54, 1.807) is 0 Å². The quantitative estimate of drug-likeness (QED) is 0.514. The largest absolute Gasteiger partial charge is 0.394 e. The van der Waals surface area contributed by atoms with Crippen LogP contribution >= 0.6 is 0 Å². The van der Waals surface area contributed by atoms with Crippen molar-refractivity contribution in [2.24, 2.45) is 11.8 Å². The van der Waals surface area contributed by atoms with Crippen LogP contribution in [-0.4, -0.2) is 43.6 Å². The molecular formula is C10H12BNO3. The number of amides is 2. The van der Waals surface area contributed by atoms with E-state index in [4.69, 9.17) is 9.28 Å². The van der Waals surface area contributed by atoms with Crippen molar-refractivity contribution in [3.63, 3.8) is 0 Å². The van der Waals surface area contributed by atoms with Gasteiger partial charge in [0.1, 0.15) is 0 Å². The van der Waals surface area contributed by atoms with E-state index in [9.17, 15) is 9.59 Å². The normalized spacial score (nSPS) is 35.2. The molecule has 2 unspecified atom stereocenters. The van der Waals surface area contributed by atoms with Crippen molar-refractivity contribution < 1.29 is 14.7 Å². The summed E-state index contributed by atoms with van der Waals surface area (Å²) in [5.74, 6) is -1.13. The van der Waals surface area contributed by atoms with E-state index in [1.807, 2.05) is 12.2 Å². The van der Waals surface area contributed by atoms with Crippen LogP contribution in [-0.2, 0) is 4.79 Å². The average molecular weight is 207 g/mol. The number of aliphatic hydroxyl groups is 1. The number of likely N-dealkylation sites (tertiary alicyclic amines) is 1. The Morgan fingerprint density at radius 1 is 1.67 bits per heavy atom. The molecule has 0 spiro atoms. The Bertz CT molecular complexity index is 347. The molecule has 15 heavy (non-hydrogen) atoms.